The molecule has 0 spiro atoms. The fourth-order valence-electron chi connectivity index (χ4n) is 4.17. The second kappa shape index (κ2) is 8.42. The lowest BCUT2D eigenvalue weighted by atomic mass is 9.94. The quantitative estimate of drug-likeness (QED) is 0.648. The molecule has 4 nitrogen and oxygen atoms in total. The van der Waals surface area contributed by atoms with Gasteiger partial charge in [0.2, 0.25) is 0 Å². The van der Waals surface area contributed by atoms with Crippen LogP contribution in [-0.2, 0) is 6.54 Å². The molecule has 1 fully saturated rings. The number of amides is 2. The van der Waals surface area contributed by atoms with Crippen molar-refractivity contribution in [2.75, 3.05) is 0 Å². The summed E-state index contributed by atoms with van der Waals surface area (Å²) < 4.78 is 0. The summed E-state index contributed by atoms with van der Waals surface area (Å²) in [6, 6.07) is 15.0. The molecule has 4 heteroatoms. The number of aryl methyl sites for hydroxylation is 1. The number of carbonyl (C=O) groups is 1. The molecule has 0 atom stereocenters. The summed E-state index contributed by atoms with van der Waals surface area (Å²) in [6.45, 7) is 2.63. The van der Waals surface area contributed by atoms with Crippen LogP contribution in [0.15, 0.2) is 54.9 Å². The van der Waals surface area contributed by atoms with Crippen LogP contribution in [-0.4, -0.2) is 17.1 Å². The van der Waals surface area contributed by atoms with E-state index in [1.165, 1.54) is 36.0 Å². The molecule has 1 heterocycles. The summed E-state index contributed by atoms with van der Waals surface area (Å²) in [4.78, 5) is 16.6. The lowest BCUT2D eigenvalue weighted by Crippen LogP contribution is -2.42. The second-order valence-electron chi connectivity index (χ2n) is 7.67. The molecule has 0 bridgehead atoms. The van der Waals surface area contributed by atoms with Crippen LogP contribution in [0.1, 0.15) is 43.2 Å². The monoisotopic (exact) mass is 373 g/mol. The maximum atomic E-state index is 12.3. The topological polar surface area (TPSA) is 54.0 Å². The summed E-state index contributed by atoms with van der Waals surface area (Å²) in [6.07, 6.45) is 9.61. The highest BCUT2D eigenvalue weighted by atomic mass is 16.2. The molecular formula is C24H27N3O. The van der Waals surface area contributed by atoms with Crippen LogP contribution >= 0.6 is 0 Å². The van der Waals surface area contributed by atoms with E-state index in [2.05, 4.69) is 65.0 Å². The minimum Gasteiger partial charge on any atom is -0.335 e. The smallest absolute Gasteiger partial charge is 0.315 e. The van der Waals surface area contributed by atoms with E-state index >= 15 is 0 Å². The molecular weight excluding hydrogens is 346 g/mol. The van der Waals surface area contributed by atoms with Gasteiger partial charge in [0, 0.05) is 30.4 Å². The zero-order valence-corrected chi connectivity index (χ0v) is 16.4. The van der Waals surface area contributed by atoms with E-state index in [0.717, 1.165) is 29.2 Å². The molecule has 1 aliphatic carbocycles. The number of urea groups is 1. The number of nitrogens with zero attached hydrogens (tertiary/aromatic N) is 1. The Morgan fingerprint density at radius 3 is 2.64 bits per heavy atom. The Morgan fingerprint density at radius 2 is 1.82 bits per heavy atom. The average Bonchev–Trinajstić information content (AvgIpc) is 2.73. The molecule has 0 radical (unpaired) electrons. The third kappa shape index (κ3) is 4.01. The molecule has 1 aliphatic rings. The minimum atomic E-state index is -0.0769. The number of aromatic nitrogens is 1. The molecule has 1 aromatic heterocycles. The van der Waals surface area contributed by atoms with Gasteiger partial charge in [-0.15, -0.1) is 0 Å². The van der Waals surface area contributed by atoms with E-state index < -0.39 is 0 Å². The first-order valence-corrected chi connectivity index (χ1v) is 10.2. The number of hydrogen-bond acceptors (Lipinski definition) is 2. The van der Waals surface area contributed by atoms with Crippen molar-refractivity contribution in [2.45, 2.75) is 51.6 Å². The number of carbonyl (C=O) groups excluding carboxylic acids is 1. The Balaban J connectivity index is 1.55. The summed E-state index contributed by atoms with van der Waals surface area (Å²) in [5.74, 6) is 0. The van der Waals surface area contributed by atoms with Gasteiger partial charge in [-0.05, 0) is 53.5 Å². The van der Waals surface area contributed by atoms with E-state index in [4.69, 9.17) is 0 Å². The van der Waals surface area contributed by atoms with Gasteiger partial charge in [0.05, 0.1) is 0 Å². The molecule has 2 amide bonds. The SMILES string of the molecule is Cc1ccccc1-c1ccc(CNC(=O)NC2CCCCC2)c2cnccc12. The first-order valence-electron chi connectivity index (χ1n) is 10.2. The normalized spacial score (nSPS) is 14.8. The van der Waals surface area contributed by atoms with Crippen molar-refractivity contribution in [3.63, 3.8) is 0 Å². The Hall–Kier alpha value is -2.88. The van der Waals surface area contributed by atoms with Gasteiger partial charge in [0.1, 0.15) is 0 Å². The molecule has 2 N–H and O–H groups in total. The third-order valence-corrected chi connectivity index (χ3v) is 5.72. The van der Waals surface area contributed by atoms with Crippen LogP contribution in [0, 0.1) is 6.92 Å². The van der Waals surface area contributed by atoms with Gasteiger partial charge in [-0.25, -0.2) is 4.79 Å². The van der Waals surface area contributed by atoms with Crippen molar-refractivity contribution in [3.05, 3.63) is 66.0 Å². The van der Waals surface area contributed by atoms with Crippen LogP contribution in [0.4, 0.5) is 4.79 Å². The molecule has 0 saturated heterocycles. The van der Waals surface area contributed by atoms with E-state index in [1.807, 2.05) is 12.4 Å². The summed E-state index contributed by atoms with van der Waals surface area (Å²) in [5, 5.41) is 8.40. The Morgan fingerprint density at radius 1 is 1.00 bits per heavy atom. The van der Waals surface area contributed by atoms with Gasteiger partial charge in [-0.3, -0.25) is 4.98 Å². The fraction of sp³-hybridized carbons (Fsp3) is 0.333. The zero-order chi connectivity index (χ0) is 19.3. The van der Waals surface area contributed by atoms with Gasteiger partial charge in [0.25, 0.3) is 0 Å². The summed E-state index contributed by atoms with van der Waals surface area (Å²) in [7, 11) is 0. The summed E-state index contributed by atoms with van der Waals surface area (Å²) in [5.41, 5.74) is 4.76. The van der Waals surface area contributed by atoms with Crippen molar-refractivity contribution >= 4 is 16.8 Å². The molecule has 3 aromatic rings. The van der Waals surface area contributed by atoms with Gasteiger partial charge < -0.3 is 10.6 Å². The van der Waals surface area contributed by atoms with Crippen LogP contribution in [0.25, 0.3) is 21.9 Å². The number of pyridine rings is 1. The first kappa shape index (κ1) is 18.5. The van der Waals surface area contributed by atoms with Crippen LogP contribution in [0.5, 0.6) is 0 Å². The predicted molar refractivity (Wildman–Crippen MR) is 114 cm³/mol. The third-order valence-electron chi connectivity index (χ3n) is 5.72. The van der Waals surface area contributed by atoms with Gasteiger partial charge in [-0.2, -0.15) is 0 Å². The highest BCUT2D eigenvalue weighted by Crippen LogP contribution is 2.32. The second-order valence-corrected chi connectivity index (χ2v) is 7.67. The molecule has 0 aliphatic heterocycles. The number of nitrogens with one attached hydrogen (secondary N) is 2. The highest BCUT2D eigenvalue weighted by Gasteiger charge is 2.16. The maximum Gasteiger partial charge on any atom is 0.315 e. The van der Waals surface area contributed by atoms with Crippen LogP contribution < -0.4 is 10.6 Å². The zero-order valence-electron chi connectivity index (χ0n) is 16.4. The van der Waals surface area contributed by atoms with Crippen molar-refractivity contribution < 1.29 is 4.79 Å². The largest absolute Gasteiger partial charge is 0.335 e. The van der Waals surface area contributed by atoms with E-state index in [-0.39, 0.29) is 6.03 Å². The Bertz CT molecular complexity index is 977. The molecule has 28 heavy (non-hydrogen) atoms. The van der Waals surface area contributed by atoms with E-state index in [9.17, 15) is 4.79 Å². The highest BCUT2D eigenvalue weighted by molar-refractivity contribution is 5.98. The number of hydrogen-bond donors (Lipinski definition) is 2. The lowest BCUT2D eigenvalue weighted by Gasteiger charge is -2.23. The van der Waals surface area contributed by atoms with Crippen molar-refractivity contribution in [1.29, 1.82) is 0 Å². The molecule has 4 rings (SSSR count). The minimum absolute atomic E-state index is 0.0769. The van der Waals surface area contributed by atoms with E-state index in [0.29, 0.717) is 12.6 Å². The lowest BCUT2D eigenvalue weighted by molar-refractivity contribution is 0.232. The Kier molecular flexibility index (Phi) is 5.56. The van der Waals surface area contributed by atoms with E-state index in [1.54, 1.807) is 0 Å². The van der Waals surface area contributed by atoms with Crippen LogP contribution in [0.2, 0.25) is 0 Å². The van der Waals surface area contributed by atoms with Crippen molar-refractivity contribution in [1.82, 2.24) is 15.6 Å². The molecule has 144 valence electrons. The average molecular weight is 374 g/mol. The molecule has 2 aromatic carbocycles. The van der Waals surface area contributed by atoms with Crippen LogP contribution in [0.3, 0.4) is 0 Å². The first-order chi connectivity index (χ1) is 13.7. The molecule has 0 unspecified atom stereocenters. The Labute approximate surface area is 166 Å². The maximum absolute atomic E-state index is 12.3. The van der Waals surface area contributed by atoms with Crippen molar-refractivity contribution in [3.8, 4) is 11.1 Å². The standard InChI is InChI=1S/C24H27N3O/c1-17-7-5-6-10-20(17)21-12-11-18(23-16-25-14-13-22(21)23)15-26-24(28)27-19-8-3-2-4-9-19/h5-7,10-14,16,19H,2-4,8-9,15H2,1H3,(H2,26,27,28). The molecule has 1 saturated carbocycles. The fourth-order valence-corrected chi connectivity index (χ4v) is 4.17. The number of rotatable bonds is 4. The van der Waals surface area contributed by atoms with Crippen molar-refractivity contribution in [2.24, 2.45) is 0 Å². The predicted octanol–water partition coefficient (Wildman–Crippen LogP) is 5.34. The van der Waals surface area contributed by atoms with Gasteiger partial charge in [-0.1, -0.05) is 55.7 Å². The summed E-state index contributed by atoms with van der Waals surface area (Å²) >= 11 is 0. The number of fused-ring (bicyclic) bond motifs is 1. The van der Waals surface area contributed by atoms with Gasteiger partial charge in [0.15, 0.2) is 0 Å². The van der Waals surface area contributed by atoms with Gasteiger partial charge >= 0.3 is 6.03 Å². The number of benzene rings is 2.